The third kappa shape index (κ3) is 6.52. The highest BCUT2D eigenvalue weighted by Gasteiger charge is 2.44. The van der Waals surface area contributed by atoms with Crippen LogP contribution in [-0.4, -0.2) is 88.9 Å². The molecule has 5 rings (SSSR count). The number of halogens is 2. The number of hydrogen-bond donors (Lipinski definition) is 2. The van der Waals surface area contributed by atoms with Gasteiger partial charge in [0.05, 0.1) is 30.6 Å². The van der Waals surface area contributed by atoms with E-state index in [4.69, 9.17) is 9.84 Å². The van der Waals surface area contributed by atoms with Gasteiger partial charge in [0.1, 0.15) is 11.5 Å². The lowest BCUT2D eigenvalue weighted by Gasteiger charge is -2.33. The number of amides is 2. The number of methoxy groups -OCH3 is 1. The number of anilines is 1. The van der Waals surface area contributed by atoms with E-state index in [-0.39, 0.29) is 12.0 Å². The van der Waals surface area contributed by atoms with Crippen molar-refractivity contribution in [3.63, 3.8) is 0 Å². The number of ether oxygens (including phenoxy) is 1. The maximum atomic E-state index is 14.4. The maximum absolute atomic E-state index is 14.4. The minimum atomic E-state index is -0.922. The molecule has 4 atom stereocenters. The van der Waals surface area contributed by atoms with Crippen LogP contribution < -0.4 is 10.6 Å². The number of carbonyl (C=O) groups is 1. The first kappa shape index (κ1) is 31.3. The monoisotopic (exact) mass is 606 g/mol. The molecule has 2 amide bonds. The molecule has 234 valence electrons. The summed E-state index contributed by atoms with van der Waals surface area (Å²) in [7, 11) is 9.48. The molecule has 0 radical (unpaired) electrons. The Morgan fingerprint density at radius 1 is 1.14 bits per heavy atom. The summed E-state index contributed by atoms with van der Waals surface area (Å²) in [5.41, 5.74) is 3.68. The van der Waals surface area contributed by atoms with Gasteiger partial charge in [-0.05, 0) is 64.3 Å². The van der Waals surface area contributed by atoms with Gasteiger partial charge in [-0.1, -0.05) is 24.3 Å². The van der Waals surface area contributed by atoms with Crippen LogP contribution >= 0.6 is 0 Å². The number of nitrogens with one attached hydrogen (secondary N) is 2. The van der Waals surface area contributed by atoms with E-state index in [1.807, 2.05) is 71.6 Å². The fourth-order valence-corrected chi connectivity index (χ4v) is 6.37. The number of nitrogens with zero attached hydrogens (tertiary/aromatic N) is 6. The summed E-state index contributed by atoms with van der Waals surface area (Å²) >= 11 is 0. The van der Waals surface area contributed by atoms with Gasteiger partial charge in [0.15, 0.2) is 11.6 Å². The number of likely N-dealkylation sites (tertiary alicyclic amines) is 1. The fraction of sp³-hybridized carbons (Fsp3) is 0.406. The van der Waals surface area contributed by atoms with Gasteiger partial charge in [0, 0.05) is 50.0 Å². The molecule has 12 heteroatoms. The number of hydrogen-bond acceptors (Lipinski definition) is 6. The molecule has 3 heterocycles. The number of para-hydroxylation sites is 1. The SMILES string of the molecule is COCC(CN(C)C)[C@@H]1C[C@@H](NC(=O)Nc2c(C)c(-c3cnn(C)c3)nn2-c2ccccc2)[C@H](c2ccc(F)c(F)c2)N1C. The van der Waals surface area contributed by atoms with Crippen molar-refractivity contribution in [2.45, 2.75) is 31.5 Å². The summed E-state index contributed by atoms with van der Waals surface area (Å²) < 4.78 is 37.3. The lowest BCUT2D eigenvalue weighted by atomic mass is 9.95. The number of likely N-dealkylation sites (N-methyl/N-ethyl adjacent to an activating group) is 1. The zero-order valence-corrected chi connectivity index (χ0v) is 26.0. The van der Waals surface area contributed by atoms with Crippen LogP contribution in [0.25, 0.3) is 16.9 Å². The van der Waals surface area contributed by atoms with Gasteiger partial charge in [-0.3, -0.25) is 14.9 Å². The Labute approximate surface area is 256 Å². The Balaban J connectivity index is 1.47. The molecule has 1 unspecified atom stereocenters. The molecule has 0 saturated carbocycles. The van der Waals surface area contributed by atoms with Crippen LogP contribution in [0.3, 0.4) is 0 Å². The summed E-state index contributed by atoms with van der Waals surface area (Å²) in [6.07, 6.45) is 4.20. The first-order chi connectivity index (χ1) is 21.1. The van der Waals surface area contributed by atoms with Crippen LogP contribution in [-0.2, 0) is 11.8 Å². The zero-order valence-electron chi connectivity index (χ0n) is 26.0. The molecule has 44 heavy (non-hydrogen) atoms. The Bertz CT molecular complexity index is 1590. The summed E-state index contributed by atoms with van der Waals surface area (Å²) in [6, 6.07) is 12.3. The van der Waals surface area contributed by atoms with E-state index in [2.05, 4.69) is 25.5 Å². The van der Waals surface area contributed by atoms with Crippen molar-refractivity contribution in [2.24, 2.45) is 13.0 Å². The van der Waals surface area contributed by atoms with Crippen LogP contribution in [0.1, 0.15) is 23.6 Å². The quantitative estimate of drug-likeness (QED) is 0.274. The molecule has 1 aliphatic heterocycles. The lowest BCUT2D eigenvalue weighted by molar-refractivity contribution is 0.0766. The Hall–Kier alpha value is -4.13. The highest BCUT2D eigenvalue weighted by Crippen LogP contribution is 2.39. The summed E-state index contributed by atoms with van der Waals surface area (Å²) in [4.78, 5) is 18.0. The van der Waals surface area contributed by atoms with Crippen LogP contribution in [0.15, 0.2) is 60.9 Å². The van der Waals surface area contributed by atoms with Gasteiger partial charge in [0.2, 0.25) is 0 Å². The molecule has 1 saturated heterocycles. The number of rotatable bonds is 10. The molecule has 2 N–H and O–H groups in total. The molecule has 0 bridgehead atoms. The van der Waals surface area contributed by atoms with E-state index in [0.717, 1.165) is 29.4 Å². The van der Waals surface area contributed by atoms with Crippen molar-refractivity contribution in [1.29, 1.82) is 0 Å². The molecule has 10 nitrogen and oxygen atoms in total. The average Bonchev–Trinajstić information content (AvgIpc) is 3.65. The van der Waals surface area contributed by atoms with E-state index >= 15 is 0 Å². The Morgan fingerprint density at radius 2 is 1.89 bits per heavy atom. The largest absolute Gasteiger partial charge is 0.384 e. The van der Waals surface area contributed by atoms with Crippen molar-refractivity contribution in [1.82, 2.24) is 34.7 Å². The first-order valence-electron chi connectivity index (χ1n) is 14.6. The van der Waals surface area contributed by atoms with E-state index in [9.17, 15) is 13.6 Å². The molecule has 0 spiro atoms. The van der Waals surface area contributed by atoms with Gasteiger partial charge in [-0.2, -0.15) is 10.2 Å². The molecule has 4 aromatic rings. The number of carbonyl (C=O) groups excluding carboxylic acids is 1. The summed E-state index contributed by atoms with van der Waals surface area (Å²) in [6.45, 7) is 3.19. The molecular formula is C32H40F2N8O2. The second-order valence-corrected chi connectivity index (χ2v) is 11.7. The second kappa shape index (κ2) is 13.2. The van der Waals surface area contributed by atoms with Crippen molar-refractivity contribution >= 4 is 11.8 Å². The Morgan fingerprint density at radius 3 is 2.52 bits per heavy atom. The van der Waals surface area contributed by atoms with Crippen LogP contribution in [0.5, 0.6) is 0 Å². The second-order valence-electron chi connectivity index (χ2n) is 11.7. The molecule has 0 aliphatic carbocycles. The topological polar surface area (TPSA) is 92.5 Å². The molecule has 2 aromatic carbocycles. The highest BCUT2D eigenvalue weighted by atomic mass is 19.2. The van der Waals surface area contributed by atoms with Crippen molar-refractivity contribution in [2.75, 3.05) is 46.7 Å². The van der Waals surface area contributed by atoms with Crippen molar-refractivity contribution < 1.29 is 18.3 Å². The highest BCUT2D eigenvalue weighted by molar-refractivity contribution is 5.91. The molecule has 1 aliphatic rings. The normalized spacial score (nSPS) is 19.4. The van der Waals surface area contributed by atoms with Crippen LogP contribution in [0.4, 0.5) is 19.4 Å². The standard InChI is InChI=1S/C32H40F2N8O2/c1-20-29(22-16-35-40(4)18-22)38-42(24-10-8-7-9-11-24)31(20)37-32(43)36-27-15-28(23(19-44-6)17-39(2)3)41(5)30(27)21-12-13-25(33)26(34)14-21/h7-14,16,18,23,27-28,30H,15,17,19H2,1-6H3,(H2,36,37,43)/t23?,27-,28+,30+/m1/s1. The fourth-order valence-electron chi connectivity index (χ4n) is 6.37. The molecular weight excluding hydrogens is 566 g/mol. The van der Waals surface area contributed by atoms with E-state index in [1.165, 1.54) is 6.07 Å². The van der Waals surface area contributed by atoms with E-state index < -0.39 is 29.7 Å². The maximum Gasteiger partial charge on any atom is 0.320 e. The van der Waals surface area contributed by atoms with Gasteiger partial charge < -0.3 is 15.0 Å². The smallest absolute Gasteiger partial charge is 0.320 e. The van der Waals surface area contributed by atoms with Gasteiger partial charge >= 0.3 is 6.03 Å². The molecule has 2 aromatic heterocycles. The van der Waals surface area contributed by atoms with E-state index in [0.29, 0.717) is 30.1 Å². The minimum absolute atomic E-state index is 0.00882. The van der Waals surface area contributed by atoms with Gasteiger partial charge in [0.25, 0.3) is 0 Å². The average molecular weight is 607 g/mol. The van der Waals surface area contributed by atoms with Gasteiger partial charge in [-0.25, -0.2) is 18.3 Å². The van der Waals surface area contributed by atoms with Crippen LogP contribution in [0, 0.1) is 24.5 Å². The number of benzene rings is 2. The molecule has 1 fully saturated rings. The zero-order chi connectivity index (χ0) is 31.5. The summed E-state index contributed by atoms with van der Waals surface area (Å²) in [5.74, 6) is -1.20. The van der Waals surface area contributed by atoms with Crippen molar-refractivity contribution in [3.8, 4) is 16.9 Å². The Kier molecular flexibility index (Phi) is 9.42. The third-order valence-electron chi connectivity index (χ3n) is 8.30. The van der Waals surface area contributed by atoms with Crippen LogP contribution in [0.2, 0.25) is 0 Å². The first-order valence-corrected chi connectivity index (χ1v) is 14.6. The lowest BCUT2D eigenvalue weighted by Crippen LogP contribution is -2.42. The predicted octanol–water partition coefficient (Wildman–Crippen LogP) is 4.62. The van der Waals surface area contributed by atoms with Gasteiger partial charge in [-0.15, -0.1) is 0 Å². The van der Waals surface area contributed by atoms with E-state index in [1.54, 1.807) is 28.7 Å². The number of aromatic nitrogens is 4. The third-order valence-corrected chi connectivity index (χ3v) is 8.30. The van der Waals surface area contributed by atoms with Crippen molar-refractivity contribution in [3.05, 3.63) is 83.7 Å². The minimum Gasteiger partial charge on any atom is -0.384 e. The number of urea groups is 1. The predicted molar refractivity (Wildman–Crippen MR) is 166 cm³/mol. The number of aryl methyl sites for hydroxylation is 1. The summed E-state index contributed by atoms with van der Waals surface area (Å²) in [5, 5.41) is 15.3.